The highest BCUT2D eigenvalue weighted by atomic mass is 16.4. The highest BCUT2D eigenvalue weighted by Gasteiger charge is 2.30. The zero-order valence-electron chi connectivity index (χ0n) is 13.2. The standard InChI is InChI=1S/C17H19N3O4/c21-15(19-17-18-9-14(24-17)11-1-2-11)12-3-6-20(7-4-12)16(22)13-5-8-23-10-13/h5,8-12H,1-4,6-7H2,(H,18,19,21). The first-order chi connectivity index (χ1) is 11.7. The summed E-state index contributed by atoms with van der Waals surface area (Å²) in [4.78, 5) is 30.4. The van der Waals surface area contributed by atoms with Crippen molar-refractivity contribution in [1.29, 1.82) is 0 Å². The van der Waals surface area contributed by atoms with E-state index >= 15 is 0 Å². The van der Waals surface area contributed by atoms with Gasteiger partial charge in [0.05, 0.1) is 18.0 Å². The minimum absolute atomic E-state index is 0.0515. The van der Waals surface area contributed by atoms with Crippen LogP contribution in [0.2, 0.25) is 0 Å². The third-order valence-electron chi connectivity index (χ3n) is 4.65. The largest absolute Gasteiger partial charge is 0.472 e. The molecule has 126 valence electrons. The Morgan fingerprint density at radius 3 is 2.67 bits per heavy atom. The molecule has 0 aromatic carbocycles. The second kappa shape index (κ2) is 6.14. The number of nitrogens with one attached hydrogen (secondary N) is 1. The van der Waals surface area contributed by atoms with E-state index in [0.717, 1.165) is 18.6 Å². The quantitative estimate of drug-likeness (QED) is 0.931. The molecule has 0 atom stereocenters. The third-order valence-corrected chi connectivity index (χ3v) is 4.65. The fraction of sp³-hybridized carbons (Fsp3) is 0.471. The minimum Gasteiger partial charge on any atom is -0.472 e. The molecule has 1 aliphatic carbocycles. The molecule has 1 N–H and O–H groups in total. The maximum absolute atomic E-state index is 12.3. The summed E-state index contributed by atoms with van der Waals surface area (Å²) in [5, 5.41) is 2.75. The molecule has 2 aliphatic rings. The molecular weight excluding hydrogens is 310 g/mol. The van der Waals surface area contributed by atoms with Crippen LogP contribution in [0, 0.1) is 5.92 Å². The van der Waals surface area contributed by atoms with E-state index in [-0.39, 0.29) is 23.7 Å². The van der Waals surface area contributed by atoms with Crippen LogP contribution >= 0.6 is 0 Å². The van der Waals surface area contributed by atoms with Crippen molar-refractivity contribution < 1.29 is 18.4 Å². The Labute approximate surface area is 139 Å². The van der Waals surface area contributed by atoms with E-state index in [0.29, 0.717) is 37.4 Å². The van der Waals surface area contributed by atoms with Crippen LogP contribution in [-0.2, 0) is 4.79 Å². The SMILES string of the molecule is O=C(Nc1ncc(C2CC2)o1)C1CCN(C(=O)c2ccoc2)CC1. The second-order valence-electron chi connectivity index (χ2n) is 6.41. The van der Waals surface area contributed by atoms with E-state index in [1.807, 2.05) is 0 Å². The second-order valence-corrected chi connectivity index (χ2v) is 6.41. The van der Waals surface area contributed by atoms with Gasteiger partial charge in [0.25, 0.3) is 5.91 Å². The number of furan rings is 1. The Hall–Kier alpha value is -2.57. The van der Waals surface area contributed by atoms with Gasteiger partial charge in [-0.05, 0) is 31.7 Å². The summed E-state index contributed by atoms with van der Waals surface area (Å²) in [5.74, 6) is 1.06. The molecule has 2 aromatic heterocycles. The van der Waals surface area contributed by atoms with Crippen molar-refractivity contribution >= 4 is 17.8 Å². The summed E-state index contributed by atoms with van der Waals surface area (Å²) in [5.41, 5.74) is 0.547. The first-order valence-corrected chi connectivity index (χ1v) is 8.29. The Morgan fingerprint density at radius 1 is 1.21 bits per heavy atom. The number of hydrogen-bond acceptors (Lipinski definition) is 5. The van der Waals surface area contributed by atoms with Gasteiger partial charge in [-0.15, -0.1) is 0 Å². The third kappa shape index (κ3) is 3.06. The van der Waals surface area contributed by atoms with Crippen LogP contribution in [0.1, 0.15) is 47.7 Å². The number of oxazole rings is 1. The Balaban J connectivity index is 1.30. The molecular formula is C17H19N3O4. The van der Waals surface area contributed by atoms with Gasteiger partial charge in [-0.3, -0.25) is 14.9 Å². The molecule has 4 rings (SSSR count). The van der Waals surface area contributed by atoms with Crippen molar-refractivity contribution in [3.8, 4) is 0 Å². The Bertz CT molecular complexity index is 725. The number of rotatable bonds is 4. The molecule has 2 amide bonds. The zero-order valence-corrected chi connectivity index (χ0v) is 13.2. The van der Waals surface area contributed by atoms with Gasteiger partial charge in [-0.2, -0.15) is 0 Å². The molecule has 1 aliphatic heterocycles. The number of hydrogen-bond donors (Lipinski definition) is 1. The highest BCUT2D eigenvalue weighted by Crippen LogP contribution is 2.40. The Morgan fingerprint density at radius 2 is 2.00 bits per heavy atom. The van der Waals surface area contributed by atoms with Crippen LogP contribution in [0.25, 0.3) is 0 Å². The number of aromatic nitrogens is 1. The monoisotopic (exact) mass is 329 g/mol. The first kappa shape index (κ1) is 15.0. The lowest BCUT2D eigenvalue weighted by molar-refractivity contribution is -0.121. The average molecular weight is 329 g/mol. The van der Waals surface area contributed by atoms with Crippen molar-refractivity contribution in [2.24, 2.45) is 5.92 Å². The van der Waals surface area contributed by atoms with Gasteiger partial charge in [0, 0.05) is 24.9 Å². The molecule has 2 fully saturated rings. The molecule has 2 aromatic rings. The molecule has 1 saturated carbocycles. The van der Waals surface area contributed by atoms with Gasteiger partial charge in [-0.1, -0.05) is 0 Å². The van der Waals surface area contributed by atoms with Crippen molar-refractivity contribution in [1.82, 2.24) is 9.88 Å². The lowest BCUT2D eigenvalue weighted by atomic mass is 9.95. The summed E-state index contributed by atoms with van der Waals surface area (Å²) < 4.78 is 10.5. The van der Waals surface area contributed by atoms with Crippen LogP contribution < -0.4 is 5.32 Å². The lowest BCUT2D eigenvalue weighted by Gasteiger charge is -2.30. The highest BCUT2D eigenvalue weighted by molar-refractivity contribution is 5.94. The Kier molecular flexibility index (Phi) is 3.84. The van der Waals surface area contributed by atoms with Crippen molar-refractivity contribution in [3.05, 3.63) is 36.1 Å². The van der Waals surface area contributed by atoms with Gasteiger partial charge >= 0.3 is 6.01 Å². The van der Waals surface area contributed by atoms with Crippen LogP contribution in [0.4, 0.5) is 6.01 Å². The van der Waals surface area contributed by atoms with Crippen LogP contribution in [0.15, 0.2) is 33.6 Å². The summed E-state index contributed by atoms with van der Waals surface area (Å²) in [6.45, 7) is 1.11. The van der Waals surface area contributed by atoms with Gasteiger partial charge in [0.15, 0.2) is 0 Å². The molecule has 0 spiro atoms. The van der Waals surface area contributed by atoms with Crippen LogP contribution in [0.5, 0.6) is 0 Å². The van der Waals surface area contributed by atoms with E-state index in [4.69, 9.17) is 8.83 Å². The smallest absolute Gasteiger partial charge is 0.301 e. The van der Waals surface area contributed by atoms with E-state index in [1.54, 1.807) is 17.2 Å². The number of amides is 2. The van der Waals surface area contributed by atoms with Crippen molar-refractivity contribution in [2.45, 2.75) is 31.6 Å². The van der Waals surface area contributed by atoms with Crippen molar-refractivity contribution in [3.63, 3.8) is 0 Å². The summed E-state index contributed by atoms with van der Waals surface area (Å²) >= 11 is 0. The average Bonchev–Trinajstić information content (AvgIpc) is 3.11. The number of carbonyl (C=O) groups is 2. The first-order valence-electron chi connectivity index (χ1n) is 8.29. The molecule has 0 radical (unpaired) electrons. The zero-order chi connectivity index (χ0) is 16.5. The number of anilines is 1. The number of piperidine rings is 1. The number of likely N-dealkylation sites (tertiary alicyclic amines) is 1. The van der Waals surface area contributed by atoms with E-state index in [2.05, 4.69) is 10.3 Å². The summed E-state index contributed by atoms with van der Waals surface area (Å²) in [6.07, 6.45) is 8.15. The van der Waals surface area contributed by atoms with Crippen LogP contribution in [-0.4, -0.2) is 34.8 Å². The topological polar surface area (TPSA) is 88.6 Å². The molecule has 0 unspecified atom stereocenters. The fourth-order valence-electron chi connectivity index (χ4n) is 3.02. The normalized spacial score (nSPS) is 18.6. The summed E-state index contributed by atoms with van der Waals surface area (Å²) in [7, 11) is 0. The summed E-state index contributed by atoms with van der Waals surface area (Å²) in [6, 6.07) is 1.93. The lowest BCUT2D eigenvalue weighted by Crippen LogP contribution is -2.41. The molecule has 3 heterocycles. The predicted octanol–water partition coefficient (Wildman–Crippen LogP) is 2.64. The van der Waals surface area contributed by atoms with E-state index in [1.165, 1.54) is 12.5 Å². The predicted molar refractivity (Wildman–Crippen MR) is 84.4 cm³/mol. The van der Waals surface area contributed by atoms with Crippen LogP contribution in [0.3, 0.4) is 0 Å². The molecule has 7 heteroatoms. The number of nitrogens with zero attached hydrogens (tertiary/aromatic N) is 2. The van der Waals surface area contributed by atoms with E-state index in [9.17, 15) is 9.59 Å². The molecule has 24 heavy (non-hydrogen) atoms. The maximum atomic E-state index is 12.3. The van der Waals surface area contributed by atoms with Crippen molar-refractivity contribution in [2.75, 3.05) is 18.4 Å². The minimum atomic E-state index is -0.130. The van der Waals surface area contributed by atoms with Gasteiger partial charge in [0.2, 0.25) is 5.91 Å². The van der Waals surface area contributed by atoms with Gasteiger partial charge < -0.3 is 13.7 Å². The van der Waals surface area contributed by atoms with Gasteiger partial charge in [-0.25, -0.2) is 4.98 Å². The maximum Gasteiger partial charge on any atom is 0.301 e. The molecule has 1 saturated heterocycles. The number of carbonyl (C=O) groups excluding carboxylic acids is 2. The molecule has 7 nitrogen and oxygen atoms in total. The van der Waals surface area contributed by atoms with Gasteiger partial charge in [0.1, 0.15) is 12.0 Å². The fourth-order valence-corrected chi connectivity index (χ4v) is 3.02. The van der Waals surface area contributed by atoms with E-state index < -0.39 is 0 Å². The molecule has 0 bridgehead atoms.